The highest BCUT2D eigenvalue weighted by molar-refractivity contribution is 7.91. The molecular formula is C9H16N4O3S2. The average molecular weight is 292 g/mol. The fourth-order valence-corrected chi connectivity index (χ4v) is 3.48. The lowest BCUT2D eigenvalue weighted by Crippen LogP contribution is -2.11. The molecular weight excluding hydrogens is 276 g/mol. The number of sulfone groups is 1. The van der Waals surface area contributed by atoms with Crippen molar-refractivity contribution in [1.29, 1.82) is 0 Å². The second-order valence-electron chi connectivity index (χ2n) is 3.85. The van der Waals surface area contributed by atoms with E-state index in [0.29, 0.717) is 30.8 Å². The molecule has 0 fully saturated rings. The number of unbranched alkanes of at least 4 members (excludes halogenated alkanes) is 1. The lowest BCUT2D eigenvalue weighted by molar-refractivity contribution is -0.118. The number of hydrogen-bond donors (Lipinski definition) is 3. The minimum Gasteiger partial charge on any atom is -0.382 e. The molecule has 1 aromatic heterocycles. The molecule has 0 aromatic carbocycles. The van der Waals surface area contributed by atoms with E-state index in [1.165, 1.54) is 0 Å². The zero-order valence-electron chi connectivity index (χ0n) is 9.97. The monoisotopic (exact) mass is 292 g/mol. The molecule has 1 aromatic rings. The maximum atomic E-state index is 11.5. The highest BCUT2D eigenvalue weighted by atomic mass is 32.2. The van der Waals surface area contributed by atoms with Crippen LogP contribution in [0.4, 0.5) is 10.8 Å². The van der Waals surface area contributed by atoms with E-state index in [9.17, 15) is 13.2 Å². The van der Waals surface area contributed by atoms with Crippen molar-refractivity contribution in [2.24, 2.45) is 5.73 Å². The highest BCUT2D eigenvalue weighted by Crippen LogP contribution is 2.31. The molecule has 0 bridgehead atoms. The number of carbonyl (C=O) groups excluding carboxylic acids is 1. The molecule has 0 aliphatic heterocycles. The third-order valence-electron chi connectivity index (χ3n) is 2.18. The molecule has 0 aliphatic rings. The van der Waals surface area contributed by atoms with Gasteiger partial charge in [0.05, 0.1) is 0 Å². The minimum atomic E-state index is -3.39. The zero-order valence-corrected chi connectivity index (χ0v) is 11.6. The Kier molecular flexibility index (Phi) is 4.91. The SMILES string of the molecule is CS(=O)(=O)c1c(N)nsc1NCCCCC(N)=O. The summed E-state index contributed by atoms with van der Waals surface area (Å²) in [5.41, 5.74) is 10.5. The molecule has 18 heavy (non-hydrogen) atoms. The van der Waals surface area contributed by atoms with E-state index in [-0.39, 0.29) is 16.6 Å². The van der Waals surface area contributed by atoms with Gasteiger partial charge in [-0.2, -0.15) is 4.37 Å². The number of anilines is 2. The molecule has 0 saturated heterocycles. The molecule has 0 spiro atoms. The Bertz CT molecular complexity index is 524. The smallest absolute Gasteiger partial charge is 0.217 e. The van der Waals surface area contributed by atoms with Gasteiger partial charge in [-0.3, -0.25) is 4.79 Å². The number of primary amides is 1. The largest absolute Gasteiger partial charge is 0.382 e. The number of aromatic nitrogens is 1. The first kappa shape index (κ1) is 14.7. The van der Waals surface area contributed by atoms with Gasteiger partial charge < -0.3 is 16.8 Å². The van der Waals surface area contributed by atoms with Crippen molar-refractivity contribution in [2.45, 2.75) is 24.2 Å². The number of carbonyl (C=O) groups is 1. The topological polar surface area (TPSA) is 128 Å². The third kappa shape index (κ3) is 4.15. The summed E-state index contributed by atoms with van der Waals surface area (Å²) in [5.74, 6) is -0.323. The number of hydrogen-bond acceptors (Lipinski definition) is 7. The predicted octanol–water partition coefficient (Wildman–Crippen LogP) is 0.196. The standard InChI is InChI=1S/C9H16N4O3S2/c1-18(15,16)7-8(11)13-17-9(7)12-5-3-2-4-6(10)14/h12H,2-5H2,1H3,(H2,10,14)(H2,11,13). The van der Waals surface area contributed by atoms with Crippen molar-refractivity contribution in [3.63, 3.8) is 0 Å². The van der Waals surface area contributed by atoms with Crippen LogP contribution < -0.4 is 16.8 Å². The number of nitrogen functional groups attached to an aromatic ring is 1. The summed E-state index contributed by atoms with van der Waals surface area (Å²) in [4.78, 5) is 10.6. The number of nitrogens with zero attached hydrogens (tertiary/aromatic N) is 1. The van der Waals surface area contributed by atoms with Crippen molar-refractivity contribution in [1.82, 2.24) is 4.37 Å². The molecule has 1 amide bonds. The van der Waals surface area contributed by atoms with Crippen LogP contribution >= 0.6 is 11.5 Å². The fraction of sp³-hybridized carbons (Fsp3) is 0.556. The summed E-state index contributed by atoms with van der Waals surface area (Å²) in [5, 5.41) is 3.40. The molecule has 102 valence electrons. The van der Waals surface area contributed by atoms with Crippen LogP contribution in [0.5, 0.6) is 0 Å². The van der Waals surface area contributed by atoms with E-state index < -0.39 is 9.84 Å². The van der Waals surface area contributed by atoms with Crippen LogP contribution in [0.1, 0.15) is 19.3 Å². The van der Waals surface area contributed by atoms with Gasteiger partial charge in [-0.05, 0) is 24.4 Å². The predicted molar refractivity (Wildman–Crippen MR) is 71.2 cm³/mol. The van der Waals surface area contributed by atoms with Gasteiger partial charge in [0.2, 0.25) is 5.91 Å². The van der Waals surface area contributed by atoms with Gasteiger partial charge in [0.25, 0.3) is 0 Å². The number of amides is 1. The summed E-state index contributed by atoms with van der Waals surface area (Å²) in [7, 11) is -3.39. The van der Waals surface area contributed by atoms with E-state index in [4.69, 9.17) is 11.5 Å². The molecule has 1 heterocycles. The van der Waals surface area contributed by atoms with E-state index in [1.807, 2.05) is 0 Å². The molecule has 0 aliphatic carbocycles. The number of rotatable bonds is 7. The fourth-order valence-electron chi connectivity index (χ4n) is 1.39. The van der Waals surface area contributed by atoms with Crippen molar-refractivity contribution in [3.8, 4) is 0 Å². The van der Waals surface area contributed by atoms with Crippen LogP contribution in [0.25, 0.3) is 0 Å². The minimum absolute atomic E-state index is 0.0159. The molecule has 0 radical (unpaired) electrons. The maximum absolute atomic E-state index is 11.5. The van der Waals surface area contributed by atoms with Crippen molar-refractivity contribution < 1.29 is 13.2 Å². The molecule has 7 nitrogen and oxygen atoms in total. The molecule has 0 saturated carbocycles. The van der Waals surface area contributed by atoms with Gasteiger partial charge in [0.1, 0.15) is 9.90 Å². The van der Waals surface area contributed by atoms with E-state index >= 15 is 0 Å². The number of nitrogens with two attached hydrogens (primary N) is 2. The quantitative estimate of drug-likeness (QED) is 0.616. The van der Waals surface area contributed by atoms with E-state index in [0.717, 1.165) is 17.8 Å². The molecule has 9 heteroatoms. The first-order chi connectivity index (χ1) is 8.32. The van der Waals surface area contributed by atoms with Crippen LogP contribution in [0, 0.1) is 0 Å². The van der Waals surface area contributed by atoms with Crippen LogP contribution in [-0.4, -0.2) is 31.5 Å². The van der Waals surface area contributed by atoms with E-state index in [2.05, 4.69) is 9.69 Å². The van der Waals surface area contributed by atoms with Gasteiger partial charge in [0, 0.05) is 19.2 Å². The lowest BCUT2D eigenvalue weighted by atomic mass is 10.2. The Morgan fingerprint density at radius 2 is 2.11 bits per heavy atom. The van der Waals surface area contributed by atoms with Crippen molar-refractivity contribution in [2.75, 3.05) is 23.9 Å². The van der Waals surface area contributed by atoms with Crippen molar-refractivity contribution >= 4 is 38.1 Å². The summed E-state index contributed by atoms with van der Waals surface area (Å²) < 4.78 is 26.8. The molecule has 1 rings (SSSR count). The lowest BCUT2D eigenvalue weighted by Gasteiger charge is -2.05. The first-order valence-electron chi connectivity index (χ1n) is 5.29. The van der Waals surface area contributed by atoms with Crippen LogP contribution in [-0.2, 0) is 14.6 Å². The molecule has 0 unspecified atom stereocenters. The zero-order chi connectivity index (χ0) is 13.8. The summed E-state index contributed by atoms with van der Waals surface area (Å²) in [6.07, 6.45) is 2.78. The van der Waals surface area contributed by atoms with Crippen LogP contribution in [0.2, 0.25) is 0 Å². The van der Waals surface area contributed by atoms with Gasteiger partial charge in [-0.15, -0.1) is 0 Å². The summed E-state index contributed by atoms with van der Waals surface area (Å²) in [6.45, 7) is 0.539. The normalized spacial score (nSPS) is 11.4. The summed E-state index contributed by atoms with van der Waals surface area (Å²) in [6, 6.07) is 0. The van der Waals surface area contributed by atoms with Gasteiger partial charge in [0.15, 0.2) is 15.7 Å². The second-order valence-corrected chi connectivity index (χ2v) is 6.57. The Morgan fingerprint density at radius 3 is 2.67 bits per heavy atom. The number of nitrogens with one attached hydrogen (secondary N) is 1. The van der Waals surface area contributed by atoms with Gasteiger partial charge >= 0.3 is 0 Å². The van der Waals surface area contributed by atoms with Crippen LogP contribution in [0.3, 0.4) is 0 Å². The van der Waals surface area contributed by atoms with Gasteiger partial charge in [-0.1, -0.05) is 0 Å². The Labute approximate surface area is 110 Å². The Hall–Kier alpha value is -1.35. The second kappa shape index (κ2) is 6.01. The molecule has 5 N–H and O–H groups in total. The highest BCUT2D eigenvalue weighted by Gasteiger charge is 2.20. The Morgan fingerprint density at radius 1 is 1.44 bits per heavy atom. The third-order valence-corrected chi connectivity index (χ3v) is 4.28. The molecule has 0 atom stereocenters. The maximum Gasteiger partial charge on any atom is 0.217 e. The first-order valence-corrected chi connectivity index (χ1v) is 7.96. The van der Waals surface area contributed by atoms with E-state index in [1.54, 1.807) is 0 Å². The average Bonchev–Trinajstić information content (AvgIpc) is 2.58. The van der Waals surface area contributed by atoms with Crippen LogP contribution in [0.15, 0.2) is 4.90 Å². The Balaban J connectivity index is 2.56. The van der Waals surface area contributed by atoms with Gasteiger partial charge in [-0.25, -0.2) is 8.42 Å². The summed E-state index contributed by atoms with van der Waals surface area (Å²) >= 11 is 1.01. The van der Waals surface area contributed by atoms with Crippen molar-refractivity contribution in [3.05, 3.63) is 0 Å².